The highest BCUT2D eigenvalue weighted by molar-refractivity contribution is 7.92. The van der Waals surface area contributed by atoms with Crippen LogP contribution in [0.4, 0.5) is 11.4 Å². The molecule has 0 aromatic heterocycles. The molecular weight excluding hydrogens is 340 g/mol. The quantitative estimate of drug-likeness (QED) is 0.600. The smallest absolute Gasteiger partial charge is 0.312 e. The molecule has 0 radical (unpaired) electrons. The van der Waals surface area contributed by atoms with Gasteiger partial charge in [0.2, 0.25) is 0 Å². The van der Waals surface area contributed by atoms with Crippen molar-refractivity contribution in [1.29, 1.82) is 0 Å². The summed E-state index contributed by atoms with van der Waals surface area (Å²) >= 11 is 0. The molecule has 0 aliphatic carbocycles. The minimum absolute atomic E-state index is 0.184. The molecule has 2 N–H and O–H groups in total. The highest BCUT2D eigenvalue weighted by Gasteiger charge is 2.21. The first-order valence-electron chi connectivity index (χ1n) is 6.50. The predicted molar refractivity (Wildman–Crippen MR) is 85.1 cm³/mol. The lowest BCUT2D eigenvalue weighted by Gasteiger charge is -2.12. The van der Waals surface area contributed by atoms with E-state index in [1.807, 2.05) is 0 Å². The first kappa shape index (κ1) is 17.3. The van der Waals surface area contributed by atoms with Crippen LogP contribution in [0.15, 0.2) is 41.3 Å². The summed E-state index contributed by atoms with van der Waals surface area (Å²) in [5.41, 5.74) is -0.520. The zero-order chi connectivity index (χ0) is 17.9. The van der Waals surface area contributed by atoms with E-state index >= 15 is 0 Å². The normalized spacial score (nSPS) is 10.9. The van der Waals surface area contributed by atoms with Crippen LogP contribution >= 0.6 is 0 Å². The minimum Gasteiger partial charge on any atom is -0.502 e. The van der Waals surface area contributed by atoms with Gasteiger partial charge in [0, 0.05) is 12.1 Å². The number of ether oxygens (including phenoxy) is 2. The fourth-order valence-corrected chi connectivity index (χ4v) is 3.00. The first-order chi connectivity index (χ1) is 11.3. The van der Waals surface area contributed by atoms with Crippen LogP contribution in [-0.2, 0) is 10.0 Å². The van der Waals surface area contributed by atoms with Gasteiger partial charge in [0.25, 0.3) is 10.0 Å². The zero-order valence-electron chi connectivity index (χ0n) is 12.7. The lowest BCUT2D eigenvalue weighted by Crippen LogP contribution is -2.13. The molecule has 9 nitrogen and oxygen atoms in total. The number of rotatable bonds is 6. The maximum atomic E-state index is 12.4. The summed E-state index contributed by atoms with van der Waals surface area (Å²) < 4.78 is 37.1. The molecule has 0 spiro atoms. The molecule has 2 aromatic carbocycles. The molecule has 0 atom stereocenters. The third-order valence-corrected chi connectivity index (χ3v) is 4.47. The molecule has 0 unspecified atom stereocenters. The minimum atomic E-state index is -4.09. The zero-order valence-corrected chi connectivity index (χ0v) is 13.5. The van der Waals surface area contributed by atoms with Crippen molar-refractivity contribution in [2.24, 2.45) is 0 Å². The van der Waals surface area contributed by atoms with Crippen molar-refractivity contribution in [2.75, 3.05) is 18.9 Å². The molecule has 0 saturated heterocycles. The van der Waals surface area contributed by atoms with Gasteiger partial charge < -0.3 is 14.6 Å². The molecule has 0 bridgehead atoms. The van der Waals surface area contributed by atoms with E-state index in [-0.39, 0.29) is 10.6 Å². The van der Waals surface area contributed by atoms with E-state index in [4.69, 9.17) is 9.47 Å². The van der Waals surface area contributed by atoms with Crippen LogP contribution in [0.2, 0.25) is 0 Å². The Kier molecular flexibility index (Phi) is 4.79. The maximum absolute atomic E-state index is 12.4. The Balaban J connectivity index is 2.39. The number of phenolic OH excluding ortho intramolecular Hbond substituents is 1. The largest absolute Gasteiger partial charge is 0.502 e. The summed E-state index contributed by atoms with van der Waals surface area (Å²) in [5.74, 6) is 0.111. The van der Waals surface area contributed by atoms with Gasteiger partial charge in [-0.05, 0) is 24.3 Å². The molecule has 2 rings (SSSR count). The highest BCUT2D eigenvalue weighted by Crippen LogP contribution is 2.32. The fraction of sp³-hybridized carbons (Fsp3) is 0.143. The molecule has 0 aliphatic heterocycles. The standard InChI is InChI=1S/C14H14N2O7S/c1-22-13-6-3-9(7-14(13)23-2)15-24(20,21)10-4-5-12(17)11(8-10)16(18)19/h3-8,15,17H,1-2H3. The van der Waals surface area contributed by atoms with Crippen molar-refractivity contribution >= 4 is 21.4 Å². The van der Waals surface area contributed by atoms with E-state index in [1.165, 1.54) is 32.4 Å². The summed E-state index contributed by atoms with van der Waals surface area (Å²) in [4.78, 5) is 9.58. The second-order valence-corrected chi connectivity index (χ2v) is 6.27. The summed E-state index contributed by atoms with van der Waals surface area (Å²) in [6, 6.07) is 7.15. The Morgan fingerprint density at radius 2 is 1.75 bits per heavy atom. The van der Waals surface area contributed by atoms with Crippen molar-refractivity contribution in [3.63, 3.8) is 0 Å². The van der Waals surface area contributed by atoms with E-state index in [9.17, 15) is 23.6 Å². The van der Waals surface area contributed by atoms with Gasteiger partial charge in [0.05, 0.1) is 29.7 Å². The number of nitrogens with one attached hydrogen (secondary N) is 1. The molecule has 0 heterocycles. The van der Waals surface area contributed by atoms with Crippen LogP contribution in [0, 0.1) is 10.1 Å². The van der Waals surface area contributed by atoms with Crippen molar-refractivity contribution in [1.82, 2.24) is 0 Å². The average molecular weight is 354 g/mol. The summed E-state index contributed by atoms with van der Waals surface area (Å²) in [5, 5.41) is 20.2. The second kappa shape index (κ2) is 6.62. The average Bonchev–Trinajstić information content (AvgIpc) is 2.54. The number of benzene rings is 2. The monoisotopic (exact) mass is 354 g/mol. The number of phenols is 1. The molecule has 0 fully saturated rings. The SMILES string of the molecule is COc1ccc(NS(=O)(=O)c2ccc(O)c([N+](=O)[O-])c2)cc1OC. The van der Waals surface area contributed by atoms with E-state index in [1.54, 1.807) is 0 Å². The number of nitro groups is 1. The van der Waals surface area contributed by atoms with Crippen LogP contribution in [-0.4, -0.2) is 32.7 Å². The predicted octanol–water partition coefficient (Wildman–Crippen LogP) is 2.12. The van der Waals surface area contributed by atoms with Crippen LogP contribution in [0.5, 0.6) is 17.2 Å². The summed E-state index contributed by atoms with van der Waals surface area (Å²) in [7, 11) is -1.25. The van der Waals surface area contributed by atoms with Gasteiger partial charge in [0.1, 0.15) is 0 Å². The molecule has 2 aromatic rings. The lowest BCUT2D eigenvalue weighted by atomic mass is 10.3. The van der Waals surface area contributed by atoms with Crippen LogP contribution in [0.25, 0.3) is 0 Å². The topological polar surface area (TPSA) is 128 Å². The second-order valence-electron chi connectivity index (χ2n) is 4.58. The number of nitro benzene ring substituents is 1. The maximum Gasteiger partial charge on any atom is 0.312 e. The Morgan fingerprint density at radius 3 is 2.33 bits per heavy atom. The Hall–Kier alpha value is -3.01. The third-order valence-electron chi connectivity index (χ3n) is 3.09. The van der Waals surface area contributed by atoms with Gasteiger partial charge in [0.15, 0.2) is 17.2 Å². The number of methoxy groups -OCH3 is 2. The molecule has 128 valence electrons. The van der Waals surface area contributed by atoms with Crippen molar-refractivity contribution in [3.8, 4) is 17.2 Å². The van der Waals surface area contributed by atoms with Gasteiger partial charge in [-0.1, -0.05) is 0 Å². The molecule has 10 heteroatoms. The molecule has 0 aliphatic rings. The van der Waals surface area contributed by atoms with Crippen LogP contribution in [0.1, 0.15) is 0 Å². The van der Waals surface area contributed by atoms with Gasteiger partial charge in [-0.15, -0.1) is 0 Å². The first-order valence-corrected chi connectivity index (χ1v) is 7.99. The summed E-state index contributed by atoms with van der Waals surface area (Å²) in [6.07, 6.45) is 0. The molecular formula is C14H14N2O7S. The van der Waals surface area contributed by atoms with Crippen LogP contribution in [0.3, 0.4) is 0 Å². The van der Waals surface area contributed by atoms with Crippen molar-refractivity contribution < 1.29 is 27.9 Å². The highest BCUT2D eigenvalue weighted by atomic mass is 32.2. The molecule has 0 amide bonds. The van der Waals surface area contributed by atoms with E-state index in [2.05, 4.69) is 4.72 Å². The number of nitrogens with zero attached hydrogens (tertiary/aromatic N) is 1. The van der Waals surface area contributed by atoms with E-state index in [0.29, 0.717) is 11.5 Å². The van der Waals surface area contributed by atoms with E-state index < -0.39 is 26.4 Å². The fourth-order valence-electron chi connectivity index (χ4n) is 1.93. The number of hydrogen-bond donors (Lipinski definition) is 2. The van der Waals surface area contributed by atoms with Gasteiger partial charge in [-0.25, -0.2) is 8.42 Å². The lowest BCUT2D eigenvalue weighted by molar-refractivity contribution is -0.386. The Bertz CT molecular complexity index is 881. The Labute approximate surface area is 137 Å². The third kappa shape index (κ3) is 3.49. The number of sulfonamides is 1. The van der Waals surface area contributed by atoms with Crippen molar-refractivity contribution in [2.45, 2.75) is 4.90 Å². The van der Waals surface area contributed by atoms with E-state index in [0.717, 1.165) is 18.2 Å². The van der Waals surface area contributed by atoms with Gasteiger partial charge in [-0.2, -0.15) is 0 Å². The number of anilines is 1. The van der Waals surface area contributed by atoms with Gasteiger partial charge >= 0.3 is 5.69 Å². The number of aromatic hydroxyl groups is 1. The van der Waals surface area contributed by atoms with Crippen LogP contribution < -0.4 is 14.2 Å². The Morgan fingerprint density at radius 1 is 1.08 bits per heavy atom. The summed E-state index contributed by atoms with van der Waals surface area (Å²) in [6.45, 7) is 0. The molecule has 0 saturated carbocycles. The van der Waals surface area contributed by atoms with Gasteiger partial charge in [-0.3, -0.25) is 14.8 Å². The number of hydrogen-bond acceptors (Lipinski definition) is 7. The molecule has 24 heavy (non-hydrogen) atoms. The van der Waals surface area contributed by atoms with Crippen molar-refractivity contribution in [3.05, 3.63) is 46.5 Å².